The summed E-state index contributed by atoms with van der Waals surface area (Å²) in [5.41, 5.74) is 9.99. The Bertz CT molecular complexity index is 1610. The third-order valence-electron chi connectivity index (χ3n) is 8.94. The zero-order chi connectivity index (χ0) is 30.1. The van der Waals surface area contributed by atoms with E-state index >= 15 is 4.39 Å². The molecule has 2 amide bonds. The van der Waals surface area contributed by atoms with Gasteiger partial charge in [-0.1, -0.05) is 18.2 Å². The number of nitrogen functional groups attached to an aromatic ring is 1. The second-order valence-corrected chi connectivity index (χ2v) is 11.8. The van der Waals surface area contributed by atoms with Gasteiger partial charge in [0.15, 0.2) is 5.65 Å². The highest BCUT2D eigenvalue weighted by Crippen LogP contribution is 2.37. The Labute approximate surface area is 251 Å². The fourth-order valence-corrected chi connectivity index (χ4v) is 6.49. The normalized spacial score (nSPS) is 19.9. The van der Waals surface area contributed by atoms with E-state index in [-0.39, 0.29) is 11.7 Å². The molecule has 6 rings (SSSR count). The fraction of sp³-hybridized carbons (Fsp3) is 0.438. The molecule has 43 heavy (non-hydrogen) atoms. The standard InChI is InChI=1S/C32H40FN9O/c1-4-41(25-7-5-6-21(2)18-25)32(43)37-27-13-8-22(19-26(27)33)29-28-30(34)35-20-36-31(28)42(38-29)24-11-9-23(10-12-24)40-16-14-39(3)15-17-40/h5-8,13,18-20,23-24H,4,9-12,14-17H2,1-3H3,(H,37,43)(H2,34,35,36). The molecule has 1 aliphatic carbocycles. The molecule has 2 aromatic heterocycles. The molecule has 1 saturated carbocycles. The molecular formula is C32H40FN9O. The summed E-state index contributed by atoms with van der Waals surface area (Å²) in [5, 5.41) is 8.31. The lowest BCUT2D eigenvalue weighted by Gasteiger charge is -2.41. The molecule has 0 bridgehead atoms. The summed E-state index contributed by atoms with van der Waals surface area (Å²) in [6.45, 7) is 8.76. The van der Waals surface area contributed by atoms with E-state index in [4.69, 9.17) is 10.8 Å². The van der Waals surface area contributed by atoms with Crippen LogP contribution in [0, 0.1) is 12.7 Å². The summed E-state index contributed by atoms with van der Waals surface area (Å²) in [5.74, 6) is -0.246. The molecule has 0 unspecified atom stereocenters. The highest BCUT2D eigenvalue weighted by molar-refractivity contribution is 6.02. The van der Waals surface area contributed by atoms with Crippen LogP contribution >= 0.6 is 0 Å². The maximum Gasteiger partial charge on any atom is 0.326 e. The van der Waals surface area contributed by atoms with Crippen molar-refractivity contribution in [3.05, 3.63) is 60.2 Å². The summed E-state index contributed by atoms with van der Waals surface area (Å²) in [6.07, 6.45) is 5.65. The summed E-state index contributed by atoms with van der Waals surface area (Å²) < 4.78 is 17.5. The van der Waals surface area contributed by atoms with Gasteiger partial charge in [-0.25, -0.2) is 23.8 Å². The van der Waals surface area contributed by atoms with Crippen LogP contribution in [-0.2, 0) is 0 Å². The fourth-order valence-electron chi connectivity index (χ4n) is 6.49. The Hall–Kier alpha value is -4.09. The number of benzene rings is 2. The molecule has 0 spiro atoms. The number of anilines is 3. The minimum absolute atomic E-state index is 0.0926. The van der Waals surface area contributed by atoms with Crippen molar-refractivity contribution in [2.45, 2.75) is 51.6 Å². The Morgan fingerprint density at radius 2 is 1.79 bits per heavy atom. The minimum atomic E-state index is -0.558. The minimum Gasteiger partial charge on any atom is -0.383 e. The van der Waals surface area contributed by atoms with Gasteiger partial charge in [0.2, 0.25) is 0 Å². The lowest BCUT2D eigenvalue weighted by atomic mass is 9.90. The third kappa shape index (κ3) is 5.92. The van der Waals surface area contributed by atoms with Crippen LogP contribution < -0.4 is 16.0 Å². The van der Waals surface area contributed by atoms with Crippen molar-refractivity contribution >= 4 is 34.3 Å². The van der Waals surface area contributed by atoms with Crippen molar-refractivity contribution in [3.8, 4) is 11.3 Å². The Balaban J connectivity index is 1.23. The number of hydrogen-bond acceptors (Lipinski definition) is 7. The molecule has 2 aliphatic rings. The van der Waals surface area contributed by atoms with Crippen molar-refractivity contribution in [3.63, 3.8) is 0 Å². The lowest BCUT2D eigenvalue weighted by Crippen LogP contribution is -2.49. The number of carbonyl (C=O) groups excluding carboxylic acids is 1. The van der Waals surface area contributed by atoms with E-state index in [0.717, 1.165) is 63.1 Å². The molecule has 4 aromatic rings. The Kier molecular flexibility index (Phi) is 8.27. The maximum atomic E-state index is 15.5. The number of aryl methyl sites for hydroxylation is 1. The molecule has 2 aromatic carbocycles. The predicted molar refractivity (Wildman–Crippen MR) is 169 cm³/mol. The second-order valence-electron chi connectivity index (χ2n) is 11.8. The van der Waals surface area contributed by atoms with Gasteiger partial charge >= 0.3 is 6.03 Å². The van der Waals surface area contributed by atoms with Gasteiger partial charge in [0.1, 0.15) is 23.7 Å². The maximum absolute atomic E-state index is 15.5. The molecule has 3 N–H and O–H groups in total. The summed E-state index contributed by atoms with van der Waals surface area (Å²) in [7, 11) is 2.18. The van der Waals surface area contributed by atoms with Gasteiger partial charge in [-0.05, 0) is 76.4 Å². The van der Waals surface area contributed by atoms with Gasteiger partial charge in [0.25, 0.3) is 0 Å². The van der Waals surface area contributed by atoms with E-state index in [9.17, 15) is 4.79 Å². The number of nitrogens with two attached hydrogens (primary N) is 1. The van der Waals surface area contributed by atoms with E-state index in [0.29, 0.717) is 40.7 Å². The van der Waals surface area contributed by atoms with Crippen molar-refractivity contribution in [2.24, 2.45) is 0 Å². The molecule has 3 heterocycles. The number of aromatic nitrogens is 4. The average Bonchev–Trinajstić information content (AvgIpc) is 3.40. The van der Waals surface area contributed by atoms with E-state index in [1.807, 2.05) is 42.8 Å². The molecule has 2 fully saturated rings. The number of carbonyl (C=O) groups is 1. The van der Waals surface area contributed by atoms with Crippen molar-refractivity contribution in [1.29, 1.82) is 0 Å². The van der Waals surface area contributed by atoms with E-state index < -0.39 is 11.8 Å². The van der Waals surface area contributed by atoms with E-state index in [2.05, 4.69) is 32.1 Å². The van der Waals surface area contributed by atoms with Gasteiger partial charge < -0.3 is 16.0 Å². The van der Waals surface area contributed by atoms with E-state index in [1.165, 1.54) is 12.4 Å². The molecule has 226 valence electrons. The van der Waals surface area contributed by atoms with Gasteiger partial charge in [0.05, 0.1) is 17.1 Å². The van der Waals surface area contributed by atoms with E-state index in [1.54, 1.807) is 17.0 Å². The summed E-state index contributed by atoms with van der Waals surface area (Å²) in [4.78, 5) is 28.5. The number of likely N-dealkylation sites (N-methyl/N-ethyl adjacent to an activating group) is 1. The predicted octanol–water partition coefficient (Wildman–Crippen LogP) is 5.31. The smallest absolute Gasteiger partial charge is 0.326 e. The van der Waals surface area contributed by atoms with Crippen molar-refractivity contribution in [1.82, 2.24) is 29.5 Å². The molecule has 1 saturated heterocycles. The third-order valence-corrected chi connectivity index (χ3v) is 8.94. The number of nitrogens with one attached hydrogen (secondary N) is 1. The van der Waals surface area contributed by atoms with Gasteiger partial charge in [-0.3, -0.25) is 9.80 Å². The molecule has 10 nitrogen and oxygen atoms in total. The van der Waals surface area contributed by atoms with Crippen LogP contribution in [0.3, 0.4) is 0 Å². The molecule has 0 atom stereocenters. The zero-order valence-corrected chi connectivity index (χ0v) is 25.1. The number of nitrogens with zero attached hydrogens (tertiary/aromatic N) is 7. The Morgan fingerprint density at radius 1 is 1.05 bits per heavy atom. The molecular weight excluding hydrogens is 545 g/mol. The highest BCUT2D eigenvalue weighted by atomic mass is 19.1. The van der Waals surface area contributed by atoms with Crippen molar-refractivity contribution < 1.29 is 9.18 Å². The first-order valence-electron chi connectivity index (χ1n) is 15.2. The number of urea groups is 1. The van der Waals surface area contributed by atoms with Crippen molar-refractivity contribution in [2.75, 3.05) is 55.7 Å². The number of halogens is 1. The van der Waals surface area contributed by atoms with Gasteiger partial charge in [-0.15, -0.1) is 0 Å². The van der Waals surface area contributed by atoms with Crippen LogP contribution in [0.1, 0.15) is 44.2 Å². The van der Waals surface area contributed by atoms with Crippen LogP contribution in [0.2, 0.25) is 0 Å². The molecule has 1 aliphatic heterocycles. The topological polar surface area (TPSA) is 108 Å². The quantitative estimate of drug-likeness (QED) is 0.316. The monoisotopic (exact) mass is 585 g/mol. The number of fused-ring (bicyclic) bond motifs is 1. The first-order valence-corrected chi connectivity index (χ1v) is 15.2. The molecule has 11 heteroatoms. The average molecular weight is 586 g/mol. The number of amides is 2. The number of piperazine rings is 1. The van der Waals surface area contributed by atoms with Crippen LogP contribution in [0.15, 0.2) is 48.8 Å². The van der Waals surface area contributed by atoms with Gasteiger partial charge in [-0.2, -0.15) is 5.10 Å². The van der Waals surface area contributed by atoms with Crippen LogP contribution in [0.5, 0.6) is 0 Å². The Morgan fingerprint density at radius 3 is 2.49 bits per heavy atom. The highest BCUT2D eigenvalue weighted by Gasteiger charge is 2.31. The van der Waals surface area contributed by atoms with Gasteiger partial charge in [0, 0.05) is 50.0 Å². The molecule has 0 radical (unpaired) electrons. The SMILES string of the molecule is CCN(C(=O)Nc1ccc(-c2nn(C3CCC(N4CCN(C)CC4)CC3)c3ncnc(N)c23)cc1F)c1cccc(C)c1. The van der Waals surface area contributed by atoms with Crippen LogP contribution in [0.4, 0.5) is 26.4 Å². The first kappa shape index (κ1) is 29.0. The lowest BCUT2D eigenvalue weighted by molar-refractivity contribution is 0.0815. The summed E-state index contributed by atoms with van der Waals surface area (Å²) in [6, 6.07) is 12.7. The number of rotatable bonds is 6. The first-order chi connectivity index (χ1) is 20.8. The zero-order valence-electron chi connectivity index (χ0n) is 25.1. The van der Waals surface area contributed by atoms with Crippen LogP contribution in [-0.4, -0.2) is 81.4 Å². The second kappa shape index (κ2) is 12.3. The van der Waals surface area contributed by atoms with Crippen LogP contribution in [0.25, 0.3) is 22.3 Å². The summed E-state index contributed by atoms with van der Waals surface area (Å²) >= 11 is 0. The largest absolute Gasteiger partial charge is 0.383 e. The number of hydrogen-bond donors (Lipinski definition) is 2.